The van der Waals surface area contributed by atoms with Crippen LogP contribution < -0.4 is 5.32 Å². The molecule has 18 heavy (non-hydrogen) atoms. The van der Waals surface area contributed by atoms with E-state index in [9.17, 15) is 4.79 Å². The zero-order chi connectivity index (χ0) is 12.7. The van der Waals surface area contributed by atoms with E-state index in [0.717, 1.165) is 25.3 Å². The Morgan fingerprint density at radius 2 is 1.94 bits per heavy atom. The first-order valence-electron chi connectivity index (χ1n) is 7.55. The normalized spacial score (nSPS) is 43.8. The number of piperidine rings is 3. The lowest BCUT2D eigenvalue weighted by Crippen LogP contribution is -2.60. The highest BCUT2D eigenvalue weighted by atomic mass is 16.2. The fourth-order valence-electron chi connectivity index (χ4n) is 3.97. The number of amides is 1. The summed E-state index contributed by atoms with van der Waals surface area (Å²) < 4.78 is 0. The molecule has 1 amide bonds. The van der Waals surface area contributed by atoms with Crippen molar-refractivity contribution >= 4 is 5.91 Å². The minimum absolute atomic E-state index is 0.0606. The maximum atomic E-state index is 12.5. The molecule has 4 rings (SSSR count). The van der Waals surface area contributed by atoms with Crippen LogP contribution in [0, 0.1) is 5.92 Å². The van der Waals surface area contributed by atoms with Crippen LogP contribution >= 0.6 is 0 Å². The van der Waals surface area contributed by atoms with Crippen LogP contribution in [0.5, 0.6) is 0 Å². The molecule has 0 saturated carbocycles. The first kappa shape index (κ1) is 12.4. The summed E-state index contributed by atoms with van der Waals surface area (Å²) in [4.78, 5) is 17.3. The molecule has 0 aromatic heterocycles. The van der Waals surface area contributed by atoms with Gasteiger partial charge in [-0.2, -0.15) is 0 Å². The zero-order valence-corrected chi connectivity index (χ0v) is 11.6. The maximum absolute atomic E-state index is 12.5. The zero-order valence-electron chi connectivity index (χ0n) is 11.6. The predicted octanol–water partition coefficient (Wildman–Crippen LogP) is 1.03. The second-order valence-electron chi connectivity index (χ2n) is 6.00. The Hall–Kier alpha value is -0.610. The third-order valence-corrected chi connectivity index (χ3v) is 5.06. The molecule has 3 unspecified atom stereocenters. The van der Waals surface area contributed by atoms with E-state index >= 15 is 0 Å². The molecule has 4 aliphatic heterocycles. The van der Waals surface area contributed by atoms with Gasteiger partial charge in [-0.1, -0.05) is 13.8 Å². The molecule has 0 aliphatic carbocycles. The summed E-state index contributed by atoms with van der Waals surface area (Å²) >= 11 is 0. The third-order valence-electron chi connectivity index (χ3n) is 5.06. The summed E-state index contributed by atoms with van der Waals surface area (Å²) in [6.45, 7) is 7.86. The predicted molar refractivity (Wildman–Crippen MR) is 71.1 cm³/mol. The first-order valence-corrected chi connectivity index (χ1v) is 7.55. The molecule has 4 heterocycles. The monoisotopic (exact) mass is 251 g/mol. The number of carbonyl (C=O) groups is 1. The quantitative estimate of drug-likeness (QED) is 0.813. The van der Waals surface area contributed by atoms with E-state index in [1.807, 2.05) is 0 Å². The molecule has 102 valence electrons. The minimum atomic E-state index is 0.0606. The van der Waals surface area contributed by atoms with Crippen LogP contribution in [-0.2, 0) is 4.79 Å². The smallest absolute Gasteiger partial charge is 0.241 e. The summed E-state index contributed by atoms with van der Waals surface area (Å²) in [6.07, 6.45) is 4.76. The SMILES string of the molecule is CCC1NC(CC)N(C2CN3CCC2CC3)C1=O. The van der Waals surface area contributed by atoms with E-state index < -0.39 is 0 Å². The Morgan fingerprint density at radius 1 is 1.22 bits per heavy atom. The van der Waals surface area contributed by atoms with Crippen molar-refractivity contribution in [3.8, 4) is 0 Å². The summed E-state index contributed by atoms with van der Waals surface area (Å²) in [5, 5.41) is 3.50. The van der Waals surface area contributed by atoms with Gasteiger partial charge in [-0.3, -0.25) is 10.1 Å². The van der Waals surface area contributed by atoms with Crippen molar-refractivity contribution in [3.63, 3.8) is 0 Å². The van der Waals surface area contributed by atoms with E-state index in [0.29, 0.717) is 11.9 Å². The van der Waals surface area contributed by atoms with E-state index in [2.05, 4.69) is 29.0 Å². The Balaban J connectivity index is 1.79. The van der Waals surface area contributed by atoms with Gasteiger partial charge in [-0.15, -0.1) is 0 Å². The van der Waals surface area contributed by atoms with Crippen molar-refractivity contribution in [2.75, 3.05) is 19.6 Å². The molecule has 4 fully saturated rings. The number of carbonyl (C=O) groups excluding carboxylic acids is 1. The van der Waals surface area contributed by atoms with E-state index in [1.54, 1.807) is 0 Å². The summed E-state index contributed by atoms with van der Waals surface area (Å²) in [5.41, 5.74) is 0. The summed E-state index contributed by atoms with van der Waals surface area (Å²) in [5.74, 6) is 1.09. The number of nitrogens with one attached hydrogen (secondary N) is 1. The van der Waals surface area contributed by atoms with Crippen LogP contribution in [-0.4, -0.2) is 53.6 Å². The standard InChI is InChI=1S/C14H25N3O/c1-3-11-14(18)17(13(4-2)15-11)12-9-16-7-5-10(12)6-8-16/h10-13,15H,3-9H2,1-2H3. The average molecular weight is 251 g/mol. The number of fused-ring (bicyclic) bond motifs is 3. The molecule has 0 spiro atoms. The molecule has 1 N–H and O–H groups in total. The van der Waals surface area contributed by atoms with Crippen LogP contribution in [0.15, 0.2) is 0 Å². The number of hydrogen-bond donors (Lipinski definition) is 1. The fraction of sp³-hybridized carbons (Fsp3) is 0.929. The fourth-order valence-corrected chi connectivity index (χ4v) is 3.97. The lowest BCUT2D eigenvalue weighted by atomic mass is 9.83. The Kier molecular flexibility index (Phi) is 3.32. The van der Waals surface area contributed by atoms with Gasteiger partial charge in [0.05, 0.1) is 12.2 Å². The van der Waals surface area contributed by atoms with Gasteiger partial charge in [0, 0.05) is 12.6 Å². The molecule has 4 nitrogen and oxygen atoms in total. The largest absolute Gasteiger partial charge is 0.321 e. The molecule has 0 aromatic rings. The molecule has 0 radical (unpaired) electrons. The summed E-state index contributed by atoms with van der Waals surface area (Å²) in [6, 6.07) is 0.527. The van der Waals surface area contributed by atoms with Gasteiger partial charge in [0.15, 0.2) is 0 Å². The average Bonchev–Trinajstić information content (AvgIpc) is 2.76. The van der Waals surface area contributed by atoms with Gasteiger partial charge in [0.25, 0.3) is 0 Å². The Morgan fingerprint density at radius 3 is 2.44 bits per heavy atom. The highest BCUT2D eigenvalue weighted by molar-refractivity contribution is 5.84. The van der Waals surface area contributed by atoms with Crippen molar-refractivity contribution in [2.24, 2.45) is 5.92 Å². The van der Waals surface area contributed by atoms with Crippen LogP contribution in [0.1, 0.15) is 39.5 Å². The minimum Gasteiger partial charge on any atom is -0.321 e. The molecule has 0 aromatic carbocycles. The molecule has 4 aliphatic rings. The van der Waals surface area contributed by atoms with Gasteiger partial charge >= 0.3 is 0 Å². The van der Waals surface area contributed by atoms with Crippen LogP contribution in [0.2, 0.25) is 0 Å². The first-order chi connectivity index (χ1) is 8.74. The van der Waals surface area contributed by atoms with Gasteiger partial charge in [0.1, 0.15) is 0 Å². The van der Waals surface area contributed by atoms with E-state index in [4.69, 9.17) is 0 Å². The lowest BCUT2D eigenvalue weighted by molar-refractivity contribution is -0.136. The second-order valence-corrected chi connectivity index (χ2v) is 6.00. The molecular weight excluding hydrogens is 226 g/mol. The number of rotatable bonds is 3. The highest BCUT2D eigenvalue weighted by Gasteiger charge is 2.46. The highest BCUT2D eigenvalue weighted by Crippen LogP contribution is 2.34. The van der Waals surface area contributed by atoms with Crippen molar-refractivity contribution < 1.29 is 4.79 Å². The maximum Gasteiger partial charge on any atom is 0.241 e. The molecule has 2 bridgehead atoms. The van der Waals surface area contributed by atoms with Gasteiger partial charge in [-0.05, 0) is 44.7 Å². The second kappa shape index (κ2) is 4.82. The van der Waals surface area contributed by atoms with Crippen molar-refractivity contribution in [3.05, 3.63) is 0 Å². The van der Waals surface area contributed by atoms with E-state index in [1.165, 1.54) is 25.9 Å². The Labute approximate surface area is 110 Å². The van der Waals surface area contributed by atoms with Gasteiger partial charge in [-0.25, -0.2) is 0 Å². The topological polar surface area (TPSA) is 35.6 Å². The Bertz CT molecular complexity index is 325. The van der Waals surface area contributed by atoms with Crippen LogP contribution in [0.3, 0.4) is 0 Å². The van der Waals surface area contributed by atoms with Gasteiger partial charge in [0.2, 0.25) is 5.91 Å². The molecular formula is C14H25N3O. The molecule has 3 atom stereocenters. The summed E-state index contributed by atoms with van der Waals surface area (Å²) in [7, 11) is 0. The number of hydrogen-bond acceptors (Lipinski definition) is 3. The molecule has 4 heteroatoms. The molecule has 4 saturated heterocycles. The van der Waals surface area contributed by atoms with Crippen molar-refractivity contribution in [2.45, 2.75) is 57.8 Å². The number of nitrogens with zero attached hydrogens (tertiary/aromatic N) is 2. The van der Waals surface area contributed by atoms with Crippen LogP contribution in [0.4, 0.5) is 0 Å². The van der Waals surface area contributed by atoms with Gasteiger partial charge < -0.3 is 9.80 Å². The van der Waals surface area contributed by atoms with Crippen molar-refractivity contribution in [1.82, 2.24) is 15.1 Å². The van der Waals surface area contributed by atoms with E-state index in [-0.39, 0.29) is 12.2 Å². The van der Waals surface area contributed by atoms with Crippen molar-refractivity contribution in [1.29, 1.82) is 0 Å². The van der Waals surface area contributed by atoms with Crippen LogP contribution in [0.25, 0.3) is 0 Å². The third kappa shape index (κ3) is 1.86. The lowest BCUT2D eigenvalue weighted by Gasteiger charge is -2.49.